The number of hydrogen-bond acceptors (Lipinski definition) is 5. The summed E-state index contributed by atoms with van der Waals surface area (Å²) in [5.74, 6) is -1.33. The van der Waals surface area contributed by atoms with Gasteiger partial charge in [-0.2, -0.15) is 0 Å². The Morgan fingerprint density at radius 3 is 2.56 bits per heavy atom. The van der Waals surface area contributed by atoms with Crippen LogP contribution in [0.5, 0.6) is 5.88 Å². The minimum absolute atomic E-state index is 0.109. The lowest BCUT2D eigenvalue weighted by Gasteiger charge is -2.06. The molecule has 0 unspecified atom stereocenters. The highest BCUT2D eigenvalue weighted by molar-refractivity contribution is 6.30. The van der Waals surface area contributed by atoms with Crippen LogP contribution in [-0.4, -0.2) is 28.2 Å². The van der Waals surface area contributed by atoms with Crippen LogP contribution in [0.4, 0.5) is 5.69 Å². The summed E-state index contributed by atoms with van der Waals surface area (Å²) in [4.78, 5) is 24.0. The van der Waals surface area contributed by atoms with Gasteiger partial charge in [-0.25, -0.2) is 0 Å². The number of ether oxygens (including phenoxy) is 1. The summed E-state index contributed by atoms with van der Waals surface area (Å²) in [7, 11) is 0. The van der Waals surface area contributed by atoms with E-state index >= 15 is 0 Å². The number of azo groups is 1. The van der Waals surface area contributed by atoms with Gasteiger partial charge in [0.05, 0.1) is 12.1 Å². The van der Waals surface area contributed by atoms with Crippen molar-refractivity contribution in [1.29, 1.82) is 0 Å². The van der Waals surface area contributed by atoms with Crippen LogP contribution < -0.4 is 0 Å². The van der Waals surface area contributed by atoms with E-state index in [1.54, 1.807) is 43.3 Å². The molecule has 2 aromatic carbocycles. The minimum Gasteiger partial charge on any atom is -0.493 e. The van der Waals surface area contributed by atoms with E-state index < -0.39 is 11.9 Å². The molecule has 0 aliphatic heterocycles. The van der Waals surface area contributed by atoms with E-state index in [-0.39, 0.29) is 24.7 Å². The van der Waals surface area contributed by atoms with Crippen LogP contribution in [0.15, 0.2) is 58.8 Å². The Morgan fingerprint density at radius 1 is 1.15 bits per heavy atom. The van der Waals surface area contributed by atoms with Crippen molar-refractivity contribution in [1.82, 2.24) is 4.57 Å². The van der Waals surface area contributed by atoms with Crippen molar-refractivity contribution in [2.75, 3.05) is 6.61 Å². The summed E-state index contributed by atoms with van der Waals surface area (Å²) < 4.78 is 6.30. The molecule has 27 heavy (non-hydrogen) atoms. The number of carbonyl (C=O) groups excluding carboxylic acids is 2. The van der Waals surface area contributed by atoms with Gasteiger partial charge in [0, 0.05) is 16.0 Å². The molecule has 7 nitrogen and oxygen atoms in total. The third-order valence-electron chi connectivity index (χ3n) is 3.84. The summed E-state index contributed by atoms with van der Waals surface area (Å²) in [6.07, 6.45) is 0. The van der Waals surface area contributed by atoms with E-state index in [2.05, 4.69) is 10.2 Å². The molecule has 0 bridgehead atoms. The number of nitrogens with zero attached hydrogens (tertiary/aromatic N) is 3. The number of amides is 1. The summed E-state index contributed by atoms with van der Waals surface area (Å²) in [5, 5.41) is 19.2. The van der Waals surface area contributed by atoms with Gasteiger partial charge < -0.3 is 9.84 Å². The topological polar surface area (TPSA) is 93.2 Å². The van der Waals surface area contributed by atoms with Crippen molar-refractivity contribution in [2.24, 2.45) is 10.2 Å². The van der Waals surface area contributed by atoms with Crippen molar-refractivity contribution in [3.8, 4) is 5.88 Å². The lowest BCUT2D eigenvalue weighted by Crippen LogP contribution is -2.12. The van der Waals surface area contributed by atoms with Gasteiger partial charge in [0.2, 0.25) is 5.88 Å². The number of aromatic nitrogens is 1. The Kier molecular flexibility index (Phi) is 5.52. The molecule has 1 aromatic heterocycles. The van der Waals surface area contributed by atoms with Crippen molar-refractivity contribution in [2.45, 2.75) is 13.5 Å². The quantitative estimate of drug-likeness (QED) is 0.517. The zero-order chi connectivity index (χ0) is 19.4. The average molecular weight is 386 g/mol. The maximum Gasteiger partial charge on any atom is 0.326 e. The Balaban J connectivity index is 1.96. The first-order valence-electron chi connectivity index (χ1n) is 8.18. The fourth-order valence-electron chi connectivity index (χ4n) is 2.61. The molecule has 0 saturated heterocycles. The maximum absolute atomic E-state index is 12.2. The second-order valence-corrected chi connectivity index (χ2v) is 6.03. The van der Waals surface area contributed by atoms with E-state index in [4.69, 9.17) is 16.3 Å². The van der Waals surface area contributed by atoms with Crippen LogP contribution in [-0.2, 0) is 16.1 Å². The number of aromatic hydroxyl groups is 1. The Bertz CT molecular complexity index is 1030. The van der Waals surface area contributed by atoms with E-state index in [1.165, 1.54) is 16.7 Å². The smallest absolute Gasteiger partial charge is 0.326 e. The van der Waals surface area contributed by atoms with Crippen molar-refractivity contribution in [3.05, 3.63) is 59.1 Å². The predicted octanol–water partition coefficient (Wildman–Crippen LogP) is 4.49. The number of benzene rings is 2. The first-order chi connectivity index (χ1) is 13.0. The molecule has 1 N–H and O–H groups in total. The van der Waals surface area contributed by atoms with Gasteiger partial charge in [-0.05, 0) is 37.3 Å². The number of hydrogen-bond donors (Lipinski definition) is 1. The number of halogens is 1. The van der Waals surface area contributed by atoms with Crippen LogP contribution in [0.25, 0.3) is 10.9 Å². The molecule has 0 radical (unpaired) electrons. The molecule has 0 saturated carbocycles. The molecule has 3 aromatic rings. The number of carbonyl (C=O) groups is 2. The standard InChI is InChI=1S/C19H16ClN3O4/c1-2-27-16(24)11-23-15-6-4-3-5-14(15)17(19(23)26)21-22-18(25)12-7-9-13(20)10-8-12/h3-10,26H,2,11H2,1H3. The molecule has 3 rings (SSSR count). The van der Waals surface area contributed by atoms with Gasteiger partial charge in [-0.3, -0.25) is 14.2 Å². The van der Waals surface area contributed by atoms with Gasteiger partial charge in [0.15, 0.2) is 5.69 Å². The fraction of sp³-hybridized carbons (Fsp3) is 0.158. The van der Waals surface area contributed by atoms with Crippen LogP contribution in [0.2, 0.25) is 5.02 Å². The lowest BCUT2D eigenvalue weighted by molar-refractivity contribution is -0.143. The Labute approximate surface area is 159 Å². The second-order valence-electron chi connectivity index (χ2n) is 5.59. The molecular weight excluding hydrogens is 370 g/mol. The van der Waals surface area contributed by atoms with Crippen LogP contribution in [0, 0.1) is 0 Å². The first kappa shape index (κ1) is 18.6. The molecule has 0 spiro atoms. The molecule has 138 valence electrons. The number of fused-ring (bicyclic) bond motifs is 1. The number of rotatable bonds is 5. The summed E-state index contributed by atoms with van der Waals surface area (Å²) in [6, 6.07) is 13.2. The van der Waals surface area contributed by atoms with Gasteiger partial charge >= 0.3 is 5.97 Å². The zero-order valence-corrected chi connectivity index (χ0v) is 15.2. The second kappa shape index (κ2) is 8.01. The highest BCUT2D eigenvalue weighted by Gasteiger charge is 2.19. The third kappa shape index (κ3) is 3.98. The zero-order valence-electron chi connectivity index (χ0n) is 14.4. The van der Waals surface area contributed by atoms with E-state index in [9.17, 15) is 14.7 Å². The monoisotopic (exact) mass is 385 g/mol. The highest BCUT2D eigenvalue weighted by atomic mass is 35.5. The van der Waals surface area contributed by atoms with Gasteiger partial charge in [0.25, 0.3) is 5.91 Å². The van der Waals surface area contributed by atoms with Gasteiger partial charge in [-0.15, -0.1) is 10.2 Å². The number of para-hydroxylation sites is 1. The molecule has 0 aliphatic carbocycles. The van der Waals surface area contributed by atoms with Crippen LogP contribution >= 0.6 is 11.6 Å². The fourth-order valence-corrected chi connectivity index (χ4v) is 2.74. The summed E-state index contributed by atoms with van der Waals surface area (Å²) in [6.45, 7) is 1.76. The predicted molar refractivity (Wildman–Crippen MR) is 101 cm³/mol. The molecule has 0 aliphatic rings. The molecule has 8 heteroatoms. The molecular formula is C19H16ClN3O4. The average Bonchev–Trinajstić information content (AvgIpc) is 2.92. The Morgan fingerprint density at radius 2 is 1.85 bits per heavy atom. The van der Waals surface area contributed by atoms with Crippen molar-refractivity contribution in [3.63, 3.8) is 0 Å². The van der Waals surface area contributed by atoms with Crippen LogP contribution in [0.3, 0.4) is 0 Å². The first-order valence-corrected chi connectivity index (χ1v) is 8.56. The molecule has 1 amide bonds. The van der Waals surface area contributed by atoms with E-state index in [0.29, 0.717) is 21.5 Å². The summed E-state index contributed by atoms with van der Waals surface area (Å²) >= 11 is 5.80. The lowest BCUT2D eigenvalue weighted by atomic mass is 10.2. The molecule has 1 heterocycles. The minimum atomic E-state index is -0.576. The molecule has 0 atom stereocenters. The summed E-state index contributed by atoms with van der Waals surface area (Å²) in [5.41, 5.74) is 1.01. The third-order valence-corrected chi connectivity index (χ3v) is 4.09. The Hall–Kier alpha value is -3.19. The van der Waals surface area contributed by atoms with Crippen molar-refractivity contribution < 1.29 is 19.4 Å². The van der Waals surface area contributed by atoms with E-state index in [0.717, 1.165) is 0 Å². The normalized spacial score (nSPS) is 11.2. The van der Waals surface area contributed by atoms with E-state index in [1.807, 2.05) is 0 Å². The van der Waals surface area contributed by atoms with Crippen LogP contribution in [0.1, 0.15) is 17.3 Å². The highest BCUT2D eigenvalue weighted by Crippen LogP contribution is 2.38. The maximum atomic E-state index is 12.2. The largest absolute Gasteiger partial charge is 0.493 e. The van der Waals surface area contributed by atoms with Gasteiger partial charge in [0.1, 0.15) is 6.54 Å². The van der Waals surface area contributed by atoms with Gasteiger partial charge in [-0.1, -0.05) is 29.8 Å². The number of esters is 1. The molecule has 0 fully saturated rings. The SMILES string of the molecule is CCOC(=O)Cn1c(O)c(N=NC(=O)c2ccc(Cl)cc2)c2ccccc21. The van der Waals surface area contributed by atoms with Crippen molar-refractivity contribution >= 4 is 40.1 Å².